The normalized spacial score (nSPS) is 24.4. The quantitative estimate of drug-likeness (QED) is 0.447. The lowest BCUT2D eigenvalue weighted by Gasteiger charge is -2.30. The molecule has 0 radical (unpaired) electrons. The van der Waals surface area contributed by atoms with E-state index in [9.17, 15) is 10.2 Å². The van der Waals surface area contributed by atoms with Gasteiger partial charge in [0.15, 0.2) is 0 Å². The summed E-state index contributed by atoms with van der Waals surface area (Å²) in [4.78, 5) is 0. The van der Waals surface area contributed by atoms with Crippen LogP contribution in [0.4, 0.5) is 0 Å². The smallest absolute Gasteiger partial charge is 0.119 e. The van der Waals surface area contributed by atoms with E-state index in [0.717, 1.165) is 16.9 Å². The predicted molar refractivity (Wildman–Crippen MR) is 112 cm³/mol. The van der Waals surface area contributed by atoms with Gasteiger partial charge in [0.05, 0.1) is 31.5 Å². The van der Waals surface area contributed by atoms with Crippen LogP contribution in [0.1, 0.15) is 25.3 Å². The summed E-state index contributed by atoms with van der Waals surface area (Å²) >= 11 is 10.5. The van der Waals surface area contributed by atoms with Crippen molar-refractivity contribution in [1.29, 1.82) is 0 Å². The van der Waals surface area contributed by atoms with Gasteiger partial charge in [0.2, 0.25) is 0 Å². The van der Waals surface area contributed by atoms with Crippen LogP contribution in [0.15, 0.2) is 58.5 Å². The van der Waals surface area contributed by atoms with Crippen molar-refractivity contribution < 1.29 is 19.7 Å². The molecule has 0 spiro atoms. The van der Waals surface area contributed by atoms with E-state index < -0.39 is 6.10 Å². The molecule has 2 N–H and O–H groups in total. The number of thiol groups is 1. The van der Waals surface area contributed by atoms with Crippen molar-refractivity contribution in [2.24, 2.45) is 0 Å². The zero-order chi connectivity index (χ0) is 19.6. The highest BCUT2D eigenvalue weighted by Crippen LogP contribution is 2.24. The highest BCUT2D eigenvalue weighted by Gasteiger charge is 2.26. The molecule has 1 aromatic rings. The minimum atomic E-state index is -0.475. The van der Waals surface area contributed by atoms with E-state index in [-0.39, 0.29) is 18.8 Å². The molecule has 27 heavy (non-hydrogen) atoms. The molecule has 1 fully saturated rings. The van der Waals surface area contributed by atoms with Gasteiger partial charge in [-0.15, -0.1) is 0 Å². The summed E-state index contributed by atoms with van der Waals surface area (Å²) in [5.74, 6) is 0.836. The minimum Gasteiger partial charge on any atom is -0.494 e. The van der Waals surface area contributed by atoms with E-state index in [1.807, 2.05) is 43.3 Å². The van der Waals surface area contributed by atoms with Gasteiger partial charge in [-0.3, -0.25) is 0 Å². The van der Waals surface area contributed by atoms with Gasteiger partial charge in [0.1, 0.15) is 5.75 Å². The van der Waals surface area contributed by atoms with Crippen molar-refractivity contribution in [3.8, 4) is 5.75 Å². The molecule has 4 nitrogen and oxygen atoms in total. The van der Waals surface area contributed by atoms with Crippen LogP contribution < -0.4 is 4.74 Å². The lowest BCUT2D eigenvalue weighted by molar-refractivity contribution is -0.0935. The Bertz CT molecular complexity index is 669. The average Bonchev–Trinajstić information content (AvgIpc) is 2.66. The van der Waals surface area contributed by atoms with Crippen LogP contribution >= 0.6 is 24.2 Å². The third-order valence-corrected chi connectivity index (χ3v) is 4.80. The molecule has 0 amide bonds. The second-order valence-electron chi connectivity index (χ2n) is 6.41. The number of hydrogen-bond donors (Lipinski definition) is 3. The maximum atomic E-state index is 9.95. The van der Waals surface area contributed by atoms with Crippen LogP contribution in [0, 0.1) is 0 Å². The molecular weight excluding hydrogens is 384 g/mol. The highest BCUT2D eigenvalue weighted by molar-refractivity contribution is 7.83. The SMILES string of the molecule is CCOc1ccc(CC(/C=C/[C@H]2C[C@@H](O)C[C@@H](CO)O2)=C(Cl)/C=C\S)cc1. The number of halogens is 1. The van der Waals surface area contributed by atoms with Crippen LogP contribution in [0.3, 0.4) is 0 Å². The van der Waals surface area contributed by atoms with E-state index in [4.69, 9.17) is 21.1 Å². The summed E-state index contributed by atoms with van der Waals surface area (Å²) in [6.07, 6.45) is 6.07. The third-order valence-electron chi connectivity index (χ3n) is 4.28. The molecule has 1 aromatic carbocycles. The highest BCUT2D eigenvalue weighted by atomic mass is 35.5. The molecule has 6 heteroatoms. The van der Waals surface area contributed by atoms with Gasteiger partial charge in [-0.25, -0.2) is 0 Å². The Balaban J connectivity index is 2.13. The fourth-order valence-corrected chi connectivity index (χ4v) is 3.41. The lowest BCUT2D eigenvalue weighted by Crippen LogP contribution is -2.36. The summed E-state index contributed by atoms with van der Waals surface area (Å²) in [6, 6.07) is 7.90. The first-order valence-corrected chi connectivity index (χ1v) is 9.98. The van der Waals surface area contributed by atoms with Crippen molar-refractivity contribution in [2.45, 2.75) is 44.5 Å². The Labute approximate surface area is 171 Å². The summed E-state index contributed by atoms with van der Waals surface area (Å²) < 4.78 is 11.3. The first-order valence-electron chi connectivity index (χ1n) is 9.09. The standard InChI is InChI=1S/C21H27ClO4S/c1-2-25-18-6-3-15(4-7-18)11-16(21(22)9-10-27)5-8-19-12-17(24)13-20(14-23)26-19/h3-10,17,19-20,23-24,27H,2,11-14H2,1H3/b8-5+,10-9-,21-16-/t17-,19+,20+/m1/s1. The largest absolute Gasteiger partial charge is 0.494 e. The molecule has 0 saturated carbocycles. The monoisotopic (exact) mass is 410 g/mol. The lowest BCUT2D eigenvalue weighted by atomic mass is 9.99. The van der Waals surface area contributed by atoms with Crippen molar-refractivity contribution in [3.63, 3.8) is 0 Å². The number of allylic oxidation sites excluding steroid dienone is 4. The predicted octanol–water partition coefficient (Wildman–Crippen LogP) is 4.02. The van der Waals surface area contributed by atoms with Crippen molar-refractivity contribution in [2.75, 3.05) is 13.2 Å². The Kier molecular flexibility index (Phi) is 9.45. The van der Waals surface area contributed by atoms with Crippen molar-refractivity contribution >= 4 is 24.2 Å². The van der Waals surface area contributed by atoms with E-state index in [2.05, 4.69) is 12.6 Å². The first kappa shape index (κ1) is 22.1. The van der Waals surface area contributed by atoms with Crippen LogP contribution in [0.5, 0.6) is 5.75 Å². The van der Waals surface area contributed by atoms with Crippen LogP contribution in [-0.2, 0) is 11.2 Å². The number of aliphatic hydroxyl groups excluding tert-OH is 2. The zero-order valence-corrected chi connectivity index (χ0v) is 17.1. The summed E-state index contributed by atoms with van der Waals surface area (Å²) in [6.45, 7) is 2.49. The Morgan fingerprint density at radius 3 is 2.67 bits per heavy atom. The fraction of sp³-hybridized carbons (Fsp3) is 0.429. The van der Waals surface area contributed by atoms with E-state index in [1.54, 1.807) is 11.5 Å². The molecule has 2 rings (SSSR count). The Morgan fingerprint density at radius 1 is 1.30 bits per heavy atom. The first-order chi connectivity index (χ1) is 13.0. The molecular formula is C21H27ClO4S. The zero-order valence-electron chi connectivity index (χ0n) is 15.4. The van der Waals surface area contributed by atoms with Crippen molar-refractivity contribution in [3.05, 3.63) is 64.1 Å². The van der Waals surface area contributed by atoms with Crippen LogP contribution in [-0.4, -0.2) is 41.7 Å². The number of benzene rings is 1. The average molecular weight is 411 g/mol. The van der Waals surface area contributed by atoms with Gasteiger partial charge in [0, 0.05) is 17.9 Å². The molecule has 1 aliphatic heterocycles. The maximum Gasteiger partial charge on any atom is 0.119 e. The van der Waals surface area contributed by atoms with E-state index >= 15 is 0 Å². The number of hydrogen-bond acceptors (Lipinski definition) is 5. The molecule has 0 unspecified atom stereocenters. The van der Waals surface area contributed by atoms with Gasteiger partial charge in [-0.05, 0) is 48.1 Å². The molecule has 1 aliphatic rings. The second kappa shape index (κ2) is 11.6. The van der Waals surface area contributed by atoms with E-state index in [0.29, 0.717) is 30.9 Å². The number of ether oxygens (including phenoxy) is 2. The molecule has 148 valence electrons. The van der Waals surface area contributed by atoms with Crippen LogP contribution in [0.25, 0.3) is 0 Å². The fourth-order valence-electron chi connectivity index (χ4n) is 2.98. The van der Waals surface area contributed by atoms with Gasteiger partial charge in [-0.2, -0.15) is 12.6 Å². The van der Waals surface area contributed by atoms with Gasteiger partial charge in [0.25, 0.3) is 0 Å². The van der Waals surface area contributed by atoms with Crippen LogP contribution in [0.2, 0.25) is 0 Å². The third kappa shape index (κ3) is 7.35. The molecule has 0 bridgehead atoms. The molecule has 0 aromatic heterocycles. The molecule has 1 heterocycles. The van der Waals surface area contributed by atoms with Gasteiger partial charge < -0.3 is 19.7 Å². The van der Waals surface area contributed by atoms with Crippen molar-refractivity contribution in [1.82, 2.24) is 0 Å². The molecule has 1 saturated heterocycles. The second-order valence-corrected chi connectivity index (χ2v) is 7.11. The summed E-state index contributed by atoms with van der Waals surface area (Å²) in [5.41, 5.74) is 2.01. The summed E-state index contributed by atoms with van der Waals surface area (Å²) in [7, 11) is 0. The van der Waals surface area contributed by atoms with E-state index in [1.165, 1.54) is 0 Å². The number of aliphatic hydroxyl groups is 2. The molecule has 0 aliphatic carbocycles. The Hall–Kier alpha value is -1.24. The molecule has 3 atom stereocenters. The van der Waals surface area contributed by atoms with Gasteiger partial charge in [-0.1, -0.05) is 35.9 Å². The summed E-state index contributed by atoms with van der Waals surface area (Å²) in [5, 5.41) is 21.4. The maximum absolute atomic E-state index is 9.95. The minimum absolute atomic E-state index is 0.0978. The van der Waals surface area contributed by atoms with Gasteiger partial charge >= 0.3 is 0 Å². The number of rotatable bonds is 8. The Morgan fingerprint density at radius 2 is 2.04 bits per heavy atom. The topological polar surface area (TPSA) is 58.9 Å².